The Balaban J connectivity index is 1.90. The van der Waals surface area contributed by atoms with Gasteiger partial charge in [0.15, 0.2) is 17.5 Å². The van der Waals surface area contributed by atoms with E-state index in [0.717, 1.165) is 4.31 Å². The Morgan fingerprint density at radius 1 is 1.19 bits per heavy atom. The summed E-state index contributed by atoms with van der Waals surface area (Å²) in [6.07, 6.45) is 1.25. The highest BCUT2D eigenvalue weighted by Gasteiger charge is 2.44. The van der Waals surface area contributed by atoms with Crippen molar-refractivity contribution in [2.45, 2.75) is 24.3 Å². The summed E-state index contributed by atoms with van der Waals surface area (Å²) in [7, 11) is -4.46. The lowest BCUT2D eigenvalue weighted by Gasteiger charge is -2.45. The van der Waals surface area contributed by atoms with Gasteiger partial charge in [-0.2, -0.15) is 4.31 Å². The number of amides is 1. The number of halogens is 3. The van der Waals surface area contributed by atoms with Crippen LogP contribution in [0, 0.1) is 17.5 Å². The van der Waals surface area contributed by atoms with Crippen molar-refractivity contribution < 1.29 is 26.4 Å². The second-order valence-corrected chi connectivity index (χ2v) is 8.49. The first-order chi connectivity index (χ1) is 12.6. The largest absolute Gasteiger partial charge is 0.334 e. The molecule has 0 radical (unpaired) electrons. The van der Waals surface area contributed by atoms with E-state index >= 15 is 0 Å². The van der Waals surface area contributed by atoms with Crippen molar-refractivity contribution in [2.75, 3.05) is 19.6 Å². The fraction of sp³-hybridized carbons (Fsp3) is 0.400. The van der Waals surface area contributed by atoms with Crippen LogP contribution >= 0.6 is 0 Å². The number of H-pyrrole nitrogens is 1. The van der Waals surface area contributed by atoms with Crippen molar-refractivity contribution in [3.8, 4) is 0 Å². The van der Waals surface area contributed by atoms with E-state index in [1.807, 2.05) is 0 Å². The van der Waals surface area contributed by atoms with Crippen molar-refractivity contribution in [2.24, 2.45) is 0 Å². The maximum absolute atomic E-state index is 14.1. The fourth-order valence-electron chi connectivity index (χ4n) is 3.06. The predicted octanol–water partition coefficient (Wildman–Crippen LogP) is 1.15. The van der Waals surface area contributed by atoms with Crippen molar-refractivity contribution in [1.82, 2.24) is 24.6 Å². The Kier molecular flexibility index (Phi) is 4.72. The zero-order valence-electron chi connectivity index (χ0n) is 14.4. The number of nitrogens with one attached hydrogen (secondary N) is 1. The summed E-state index contributed by atoms with van der Waals surface area (Å²) >= 11 is 0. The molecule has 0 atom stereocenters. The van der Waals surface area contributed by atoms with Crippen molar-refractivity contribution >= 4 is 15.9 Å². The number of aromatic amines is 1. The first kappa shape index (κ1) is 19.3. The molecule has 0 spiro atoms. The molecule has 146 valence electrons. The Labute approximate surface area is 153 Å². The van der Waals surface area contributed by atoms with Gasteiger partial charge in [-0.05, 0) is 26.0 Å². The summed E-state index contributed by atoms with van der Waals surface area (Å²) in [4.78, 5) is 12.9. The van der Waals surface area contributed by atoms with Gasteiger partial charge in [0.2, 0.25) is 10.0 Å². The average molecular weight is 403 g/mol. The van der Waals surface area contributed by atoms with Gasteiger partial charge in [-0.1, -0.05) is 5.21 Å². The normalized spacial score (nSPS) is 17.9. The van der Waals surface area contributed by atoms with E-state index in [-0.39, 0.29) is 25.3 Å². The van der Waals surface area contributed by atoms with Gasteiger partial charge in [-0.3, -0.25) is 9.89 Å². The lowest BCUT2D eigenvalue weighted by atomic mass is 10.0. The van der Waals surface area contributed by atoms with Crippen LogP contribution in [0.15, 0.2) is 23.2 Å². The van der Waals surface area contributed by atoms with Crippen LogP contribution in [0.1, 0.15) is 24.3 Å². The standard InChI is InChI=1S/C15H16F3N5O3S/c1-15(2)8-22(14(24)10-7-19-21-20-10)5-6-23(15)27(25,26)11-4-3-9(16)12(17)13(11)18/h3-4,7H,5-6,8H2,1-2H3,(H,19,20,21). The molecule has 1 aromatic carbocycles. The van der Waals surface area contributed by atoms with Crippen LogP contribution in [0.5, 0.6) is 0 Å². The maximum atomic E-state index is 14.1. The number of aromatic nitrogens is 3. The van der Waals surface area contributed by atoms with Gasteiger partial charge >= 0.3 is 0 Å². The molecule has 1 aliphatic heterocycles. The molecule has 0 unspecified atom stereocenters. The van der Waals surface area contributed by atoms with Crippen LogP contribution in [0.2, 0.25) is 0 Å². The number of carbonyl (C=O) groups excluding carboxylic acids is 1. The molecule has 1 amide bonds. The summed E-state index contributed by atoms with van der Waals surface area (Å²) in [5.74, 6) is -5.51. The number of piperazine rings is 1. The minimum atomic E-state index is -4.46. The lowest BCUT2D eigenvalue weighted by molar-refractivity contribution is 0.0489. The Morgan fingerprint density at radius 3 is 2.48 bits per heavy atom. The SMILES string of the molecule is CC1(C)CN(C(=O)c2cnn[nH]2)CCN1S(=O)(=O)c1ccc(F)c(F)c1F. The number of hydrogen-bond donors (Lipinski definition) is 1. The first-order valence-corrected chi connectivity index (χ1v) is 9.31. The second-order valence-electron chi connectivity index (χ2n) is 6.66. The highest BCUT2D eigenvalue weighted by molar-refractivity contribution is 7.89. The van der Waals surface area contributed by atoms with Crippen LogP contribution in [0.25, 0.3) is 0 Å². The van der Waals surface area contributed by atoms with Crippen molar-refractivity contribution in [1.29, 1.82) is 0 Å². The number of nitrogens with zero attached hydrogens (tertiary/aromatic N) is 4. The molecule has 1 aliphatic rings. The molecule has 0 saturated carbocycles. The van der Waals surface area contributed by atoms with Gasteiger partial charge in [0.25, 0.3) is 5.91 Å². The summed E-state index contributed by atoms with van der Waals surface area (Å²) in [6.45, 7) is 2.96. The number of rotatable bonds is 3. The van der Waals surface area contributed by atoms with Crippen LogP contribution in [0.4, 0.5) is 13.2 Å². The zero-order chi connectivity index (χ0) is 20.0. The van der Waals surface area contributed by atoms with Gasteiger partial charge in [0, 0.05) is 25.2 Å². The monoisotopic (exact) mass is 403 g/mol. The van der Waals surface area contributed by atoms with Crippen LogP contribution in [-0.4, -0.2) is 64.1 Å². The van der Waals surface area contributed by atoms with E-state index in [4.69, 9.17) is 0 Å². The first-order valence-electron chi connectivity index (χ1n) is 7.87. The van der Waals surface area contributed by atoms with Crippen LogP contribution < -0.4 is 0 Å². The molecule has 12 heteroatoms. The van der Waals surface area contributed by atoms with E-state index in [9.17, 15) is 26.4 Å². The molecule has 1 N–H and O–H groups in total. The third-order valence-corrected chi connectivity index (χ3v) is 6.45. The van der Waals surface area contributed by atoms with Gasteiger partial charge < -0.3 is 4.90 Å². The molecule has 2 aromatic rings. The third kappa shape index (κ3) is 3.30. The molecule has 27 heavy (non-hydrogen) atoms. The molecular weight excluding hydrogens is 387 g/mol. The number of carbonyl (C=O) groups is 1. The lowest BCUT2D eigenvalue weighted by Crippen LogP contribution is -2.62. The molecule has 0 bridgehead atoms. The van der Waals surface area contributed by atoms with Crippen molar-refractivity contribution in [3.63, 3.8) is 0 Å². The van der Waals surface area contributed by atoms with Gasteiger partial charge in [-0.15, -0.1) is 5.10 Å². The van der Waals surface area contributed by atoms with Crippen LogP contribution in [0.3, 0.4) is 0 Å². The minimum Gasteiger partial charge on any atom is -0.334 e. The van der Waals surface area contributed by atoms with E-state index in [2.05, 4.69) is 15.4 Å². The Morgan fingerprint density at radius 2 is 1.89 bits per heavy atom. The number of hydrogen-bond acceptors (Lipinski definition) is 5. The summed E-state index contributed by atoms with van der Waals surface area (Å²) in [6, 6.07) is 1.25. The molecule has 8 nitrogen and oxygen atoms in total. The highest BCUT2D eigenvalue weighted by Crippen LogP contribution is 2.31. The smallest absolute Gasteiger partial charge is 0.273 e. The molecule has 3 rings (SSSR count). The average Bonchev–Trinajstić information content (AvgIpc) is 3.12. The Bertz CT molecular complexity index is 979. The minimum absolute atomic E-state index is 0.00458. The van der Waals surface area contributed by atoms with Gasteiger partial charge in [0.05, 0.1) is 6.20 Å². The summed E-state index contributed by atoms with van der Waals surface area (Å²) in [5.41, 5.74) is -0.980. The van der Waals surface area contributed by atoms with Crippen molar-refractivity contribution in [3.05, 3.63) is 41.5 Å². The maximum Gasteiger partial charge on any atom is 0.273 e. The van der Waals surface area contributed by atoms with Gasteiger partial charge in [-0.25, -0.2) is 21.6 Å². The Hall–Kier alpha value is -2.47. The molecule has 1 aromatic heterocycles. The fourth-order valence-corrected chi connectivity index (χ4v) is 4.88. The van der Waals surface area contributed by atoms with Gasteiger partial charge in [0.1, 0.15) is 10.6 Å². The van der Waals surface area contributed by atoms with E-state index in [1.54, 1.807) is 13.8 Å². The molecule has 1 saturated heterocycles. The van der Waals surface area contributed by atoms with E-state index < -0.39 is 43.8 Å². The van der Waals surface area contributed by atoms with E-state index in [1.165, 1.54) is 11.1 Å². The molecular formula is C15H16F3N5O3S. The van der Waals surface area contributed by atoms with E-state index in [0.29, 0.717) is 12.1 Å². The predicted molar refractivity (Wildman–Crippen MR) is 86.6 cm³/mol. The zero-order valence-corrected chi connectivity index (χ0v) is 15.2. The topological polar surface area (TPSA) is 99.3 Å². The van der Waals surface area contributed by atoms with Crippen LogP contribution in [-0.2, 0) is 10.0 Å². The molecule has 1 fully saturated rings. The molecule has 0 aliphatic carbocycles. The quantitative estimate of drug-likeness (QED) is 0.775. The highest BCUT2D eigenvalue weighted by atomic mass is 32.2. The number of benzene rings is 1. The summed E-state index contributed by atoms with van der Waals surface area (Å²) < 4.78 is 67.4. The second kappa shape index (κ2) is 6.60. The third-order valence-electron chi connectivity index (χ3n) is 4.33. The molecule has 2 heterocycles. The number of sulfonamides is 1. The summed E-state index contributed by atoms with van der Waals surface area (Å²) in [5, 5.41) is 9.42.